The Morgan fingerprint density at radius 2 is 0.815 bits per heavy atom. The number of fused-ring (bicyclic) bond motifs is 9. The minimum Gasteiger partial charge on any atom is -0.310 e. The number of rotatable bonds is 7. The van der Waals surface area contributed by atoms with Crippen LogP contribution in [0.2, 0.25) is 0 Å². The van der Waals surface area contributed by atoms with E-state index in [0.29, 0.717) is 0 Å². The summed E-state index contributed by atoms with van der Waals surface area (Å²) >= 11 is 1.86. The highest BCUT2D eigenvalue weighted by molar-refractivity contribution is 7.25. The Bertz CT molecular complexity index is 3900. The number of para-hydroxylation sites is 3. The Morgan fingerprint density at radius 3 is 1.57 bits per heavy atom. The molecule has 11 aromatic carbocycles. The Morgan fingerprint density at radius 1 is 0.292 bits per heavy atom. The van der Waals surface area contributed by atoms with E-state index < -0.39 is 0 Å². The fourth-order valence-corrected chi connectivity index (χ4v) is 11.2. The summed E-state index contributed by atoms with van der Waals surface area (Å²) in [6.45, 7) is 0. The van der Waals surface area contributed by atoms with Crippen molar-refractivity contribution in [3.63, 3.8) is 0 Å². The highest BCUT2D eigenvalue weighted by Gasteiger charge is 2.18. The van der Waals surface area contributed by atoms with Gasteiger partial charge in [-0.2, -0.15) is 0 Å². The van der Waals surface area contributed by atoms with E-state index in [0.717, 1.165) is 17.1 Å². The third-order valence-corrected chi connectivity index (χ3v) is 14.3. The van der Waals surface area contributed by atoms with Gasteiger partial charge in [0.05, 0.1) is 16.7 Å². The summed E-state index contributed by atoms with van der Waals surface area (Å²) in [6.07, 6.45) is 0. The van der Waals surface area contributed by atoms with Crippen LogP contribution in [0.25, 0.3) is 103 Å². The number of thiophene rings is 1. The van der Waals surface area contributed by atoms with Crippen molar-refractivity contribution < 1.29 is 0 Å². The summed E-state index contributed by atoms with van der Waals surface area (Å²) in [5.74, 6) is 0. The van der Waals surface area contributed by atoms with Crippen molar-refractivity contribution in [2.24, 2.45) is 0 Å². The maximum absolute atomic E-state index is 2.42. The number of hydrogen-bond acceptors (Lipinski definition) is 2. The summed E-state index contributed by atoms with van der Waals surface area (Å²) in [7, 11) is 0. The fraction of sp³-hybridized carbons (Fsp3) is 0. The van der Waals surface area contributed by atoms with Gasteiger partial charge in [0.1, 0.15) is 0 Å². The van der Waals surface area contributed by atoms with E-state index in [9.17, 15) is 0 Å². The summed E-state index contributed by atoms with van der Waals surface area (Å²) in [4.78, 5) is 2.39. The predicted molar refractivity (Wildman–Crippen MR) is 280 cm³/mol. The van der Waals surface area contributed by atoms with Crippen LogP contribution in [0.3, 0.4) is 0 Å². The second-order valence-electron chi connectivity index (χ2n) is 16.9. The van der Waals surface area contributed by atoms with Gasteiger partial charge in [0.15, 0.2) is 0 Å². The van der Waals surface area contributed by atoms with Crippen molar-refractivity contribution in [2.75, 3.05) is 4.90 Å². The van der Waals surface area contributed by atoms with Crippen LogP contribution >= 0.6 is 11.3 Å². The Balaban J connectivity index is 0.877. The molecule has 65 heavy (non-hydrogen) atoms. The largest absolute Gasteiger partial charge is 0.310 e. The Hall–Kier alpha value is -8.24. The molecule has 2 heterocycles. The number of anilines is 3. The van der Waals surface area contributed by atoms with Gasteiger partial charge in [-0.25, -0.2) is 0 Å². The van der Waals surface area contributed by atoms with Crippen LogP contribution in [0.15, 0.2) is 243 Å². The van der Waals surface area contributed by atoms with Crippen molar-refractivity contribution in [3.8, 4) is 39.1 Å². The molecule has 304 valence electrons. The highest BCUT2D eigenvalue weighted by atomic mass is 32.1. The molecule has 3 heteroatoms. The zero-order valence-electron chi connectivity index (χ0n) is 35.4. The lowest BCUT2D eigenvalue weighted by atomic mass is 9.97. The Kier molecular flexibility index (Phi) is 8.75. The molecular weight excluding hydrogens is 805 g/mol. The average molecular weight is 845 g/mol. The molecule has 0 atom stereocenters. The molecule has 0 saturated heterocycles. The molecule has 0 aliphatic rings. The fourth-order valence-electron chi connectivity index (χ4n) is 10.1. The molecule has 0 unspecified atom stereocenters. The molecule has 0 saturated carbocycles. The van der Waals surface area contributed by atoms with Crippen molar-refractivity contribution >= 4 is 91.9 Å². The lowest BCUT2D eigenvalue weighted by molar-refractivity contribution is 1.18. The van der Waals surface area contributed by atoms with Gasteiger partial charge in [0, 0.05) is 53.6 Å². The summed E-state index contributed by atoms with van der Waals surface area (Å²) in [6, 6.07) is 89.0. The minimum absolute atomic E-state index is 1.10. The molecular formula is C62H40N2S. The summed E-state index contributed by atoms with van der Waals surface area (Å²) < 4.78 is 5.01. The van der Waals surface area contributed by atoms with E-state index in [1.807, 2.05) is 11.3 Å². The maximum atomic E-state index is 2.42. The quantitative estimate of drug-likeness (QED) is 0.145. The standard InChI is InChI=1S/C62H40N2S/c1-2-15-51-43(12-1)24-25-47-39-45(30-36-52(47)51)42-28-33-49(34-29-42)63(50-35-37-57-56-19-6-10-23-61(56)65-62(57)40-50)48-31-26-41(27-32-48)44-13-11-14-46(38-44)53-16-3-7-20-58(53)64-59-21-8-4-17-54(59)55-18-5-9-22-60(55)64/h1-40H. The summed E-state index contributed by atoms with van der Waals surface area (Å²) in [5.41, 5.74) is 14.1. The van der Waals surface area contributed by atoms with Crippen LogP contribution in [0.4, 0.5) is 17.1 Å². The molecule has 0 bridgehead atoms. The predicted octanol–water partition coefficient (Wildman–Crippen LogP) is 17.9. The lowest BCUT2D eigenvalue weighted by Crippen LogP contribution is -2.09. The molecule has 0 aliphatic carbocycles. The van der Waals surface area contributed by atoms with Gasteiger partial charge in [0.25, 0.3) is 0 Å². The van der Waals surface area contributed by atoms with E-state index in [4.69, 9.17) is 0 Å². The number of hydrogen-bond donors (Lipinski definition) is 0. The summed E-state index contributed by atoms with van der Waals surface area (Å²) in [5, 5.41) is 10.2. The third-order valence-electron chi connectivity index (χ3n) is 13.2. The normalized spacial score (nSPS) is 11.7. The van der Waals surface area contributed by atoms with Crippen LogP contribution in [0.1, 0.15) is 0 Å². The van der Waals surface area contributed by atoms with Crippen molar-refractivity contribution in [1.82, 2.24) is 4.57 Å². The van der Waals surface area contributed by atoms with E-state index >= 15 is 0 Å². The zero-order valence-corrected chi connectivity index (χ0v) is 36.2. The topological polar surface area (TPSA) is 8.17 Å². The molecule has 13 rings (SSSR count). The molecule has 2 nitrogen and oxygen atoms in total. The van der Waals surface area contributed by atoms with Crippen LogP contribution in [0, 0.1) is 0 Å². The second kappa shape index (κ2) is 15.2. The molecule has 2 aromatic heterocycles. The van der Waals surface area contributed by atoms with E-state index in [2.05, 4.69) is 252 Å². The van der Waals surface area contributed by atoms with Gasteiger partial charge < -0.3 is 9.47 Å². The first-order valence-corrected chi connectivity index (χ1v) is 23.1. The van der Waals surface area contributed by atoms with Crippen molar-refractivity contribution in [2.45, 2.75) is 0 Å². The van der Waals surface area contributed by atoms with Gasteiger partial charge in [0.2, 0.25) is 0 Å². The monoisotopic (exact) mass is 844 g/mol. The molecule has 13 aromatic rings. The molecule has 0 aliphatic heterocycles. The molecule has 0 N–H and O–H groups in total. The number of aromatic nitrogens is 1. The van der Waals surface area contributed by atoms with Crippen LogP contribution in [-0.4, -0.2) is 4.57 Å². The molecule has 0 amide bonds. The van der Waals surface area contributed by atoms with Gasteiger partial charge in [-0.3, -0.25) is 0 Å². The minimum atomic E-state index is 1.10. The van der Waals surface area contributed by atoms with E-state index in [1.54, 1.807) is 0 Å². The second-order valence-corrected chi connectivity index (χ2v) is 18.0. The molecule has 0 spiro atoms. The van der Waals surface area contributed by atoms with E-state index in [-0.39, 0.29) is 0 Å². The Labute approximate surface area is 381 Å². The maximum Gasteiger partial charge on any atom is 0.0541 e. The van der Waals surface area contributed by atoms with E-state index in [1.165, 1.54) is 103 Å². The van der Waals surface area contributed by atoms with Crippen molar-refractivity contribution in [3.05, 3.63) is 243 Å². The van der Waals surface area contributed by atoms with Crippen LogP contribution in [0.5, 0.6) is 0 Å². The lowest BCUT2D eigenvalue weighted by Gasteiger charge is -2.26. The SMILES string of the molecule is c1cc(-c2ccc(N(c3ccc(-c4ccc5c(ccc6ccccc65)c4)cc3)c3ccc4c(c3)sc3ccccc34)cc2)cc(-c2ccccc2-n2c3ccccc3c3ccccc32)c1. The van der Waals surface area contributed by atoms with Crippen LogP contribution < -0.4 is 4.90 Å². The van der Waals surface area contributed by atoms with Gasteiger partial charge in [-0.05, 0) is 122 Å². The third kappa shape index (κ3) is 6.31. The first-order chi connectivity index (χ1) is 32.2. The van der Waals surface area contributed by atoms with Crippen molar-refractivity contribution in [1.29, 1.82) is 0 Å². The molecule has 0 radical (unpaired) electrons. The zero-order chi connectivity index (χ0) is 42.8. The van der Waals surface area contributed by atoms with Gasteiger partial charge >= 0.3 is 0 Å². The van der Waals surface area contributed by atoms with Crippen LogP contribution in [-0.2, 0) is 0 Å². The highest BCUT2D eigenvalue weighted by Crippen LogP contribution is 2.43. The first kappa shape index (κ1) is 37.3. The number of benzene rings is 11. The van der Waals surface area contributed by atoms with Gasteiger partial charge in [-0.15, -0.1) is 11.3 Å². The first-order valence-electron chi connectivity index (χ1n) is 22.2. The average Bonchev–Trinajstić information content (AvgIpc) is 3.92. The van der Waals surface area contributed by atoms with Gasteiger partial charge in [-0.1, -0.05) is 170 Å². The smallest absolute Gasteiger partial charge is 0.0541 e. The number of nitrogens with zero attached hydrogens (tertiary/aromatic N) is 2. The molecule has 0 fully saturated rings.